The Kier molecular flexibility index (Phi) is 5.25. The van der Waals surface area contributed by atoms with Gasteiger partial charge >= 0.3 is 5.97 Å². The maximum atomic E-state index is 11.7. The molecule has 1 saturated heterocycles. The Balaban J connectivity index is 2.10. The maximum absolute atomic E-state index is 11.7. The molecule has 0 spiro atoms. The van der Waals surface area contributed by atoms with E-state index in [1.807, 2.05) is 0 Å². The lowest BCUT2D eigenvalue weighted by atomic mass is 9.99. The van der Waals surface area contributed by atoms with Crippen molar-refractivity contribution in [3.8, 4) is 0 Å². The first kappa shape index (κ1) is 13.0. The van der Waals surface area contributed by atoms with Crippen molar-refractivity contribution < 1.29 is 14.3 Å². The SMILES string of the molecule is COC(=O)CCCN(C)C(=O)CC1CNC1. The normalized spacial score (nSPS) is 15.4. The van der Waals surface area contributed by atoms with Crippen LogP contribution in [0.4, 0.5) is 0 Å². The summed E-state index contributed by atoms with van der Waals surface area (Å²) in [5.41, 5.74) is 0. The van der Waals surface area contributed by atoms with Crippen LogP contribution in [0.2, 0.25) is 0 Å². The molecule has 5 heteroatoms. The van der Waals surface area contributed by atoms with Crippen LogP contribution in [0.15, 0.2) is 0 Å². The van der Waals surface area contributed by atoms with Crippen LogP contribution < -0.4 is 5.32 Å². The Morgan fingerprint density at radius 3 is 2.62 bits per heavy atom. The van der Waals surface area contributed by atoms with E-state index < -0.39 is 0 Å². The van der Waals surface area contributed by atoms with E-state index in [1.165, 1.54) is 7.11 Å². The molecule has 0 aromatic heterocycles. The minimum atomic E-state index is -0.218. The van der Waals surface area contributed by atoms with Crippen LogP contribution in [0, 0.1) is 5.92 Å². The molecule has 0 saturated carbocycles. The van der Waals surface area contributed by atoms with Gasteiger partial charge in [0.05, 0.1) is 7.11 Å². The van der Waals surface area contributed by atoms with Gasteiger partial charge in [0.15, 0.2) is 0 Å². The molecule has 1 aliphatic heterocycles. The van der Waals surface area contributed by atoms with Crippen molar-refractivity contribution in [1.82, 2.24) is 10.2 Å². The Labute approximate surface area is 96.1 Å². The highest BCUT2D eigenvalue weighted by Gasteiger charge is 2.21. The number of hydrogen-bond acceptors (Lipinski definition) is 4. The average molecular weight is 228 g/mol. The molecular weight excluding hydrogens is 208 g/mol. The second kappa shape index (κ2) is 6.48. The van der Waals surface area contributed by atoms with Crippen LogP contribution in [-0.4, -0.2) is 50.6 Å². The first-order chi connectivity index (χ1) is 7.63. The van der Waals surface area contributed by atoms with Crippen molar-refractivity contribution in [3.63, 3.8) is 0 Å². The van der Waals surface area contributed by atoms with Gasteiger partial charge in [-0.25, -0.2) is 0 Å². The maximum Gasteiger partial charge on any atom is 0.305 e. The van der Waals surface area contributed by atoms with Crippen molar-refractivity contribution in [1.29, 1.82) is 0 Å². The molecule has 1 aliphatic rings. The number of rotatable bonds is 6. The second-order valence-corrected chi connectivity index (χ2v) is 4.22. The lowest BCUT2D eigenvalue weighted by Crippen LogP contribution is -2.44. The smallest absolute Gasteiger partial charge is 0.305 e. The monoisotopic (exact) mass is 228 g/mol. The summed E-state index contributed by atoms with van der Waals surface area (Å²) in [5, 5.41) is 3.14. The molecule has 0 aliphatic carbocycles. The molecule has 0 aromatic rings. The van der Waals surface area contributed by atoms with Crippen molar-refractivity contribution in [2.24, 2.45) is 5.92 Å². The van der Waals surface area contributed by atoms with E-state index in [1.54, 1.807) is 11.9 Å². The van der Waals surface area contributed by atoms with Gasteiger partial charge in [-0.3, -0.25) is 9.59 Å². The number of hydrogen-bond donors (Lipinski definition) is 1. The zero-order chi connectivity index (χ0) is 12.0. The highest BCUT2D eigenvalue weighted by molar-refractivity contribution is 5.76. The van der Waals surface area contributed by atoms with Gasteiger partial charge in [-0.1, -0.05) is 0 Å². The Morgan fingerprint density at radius 1 is 1.44 bits per heavy atom. The molecule has 0 atom stereocenters. The number of nitrogens with zero attached hydrogens (tertiary/aromatic N) is 1. The second-order valence-electron chi connectivity index (χ2n) is 4.22. The molecule has 5 nitrogen and oxygen atoms in total. The van der Waals surface area contributed by atoms with Crippen LogP contribution in [0.3, 0.4) is 0 Å². The summed E-state index contributed by atoms with van der Waals surface area (Å²) >= 11 is 0. The van der Waals surface area contributed by atoms with E-state index in [0.29, 0.717) is 31.7 Å². The Bertz CT molecular complexity index is 252. The molecule has 0 bridgehead atoms. The third-order valence-corrected chi connectivity index (χ3v) is 2.86. The van der Waals surface area contributed by atoms with Crippen LogP contribution in [0.5, 0.6) is 0 Å². The summed E-state index contributed by atoms with van der Waals surface area (Å²) in [6, 6.07) is 0. The zero-order valence-corrected chi connectivity index (χ0v) is 9.99. The molecule has 0 aromatic carbocycles. The Morgan fingerprint density at radius 2 is 2.12 bits per heavy atom. The fourth-order valence-corrected chi connectivity index (χ4v) is 1.58. The largest absolute Gasteiger partial charge is 0.469 e. The Hall–Kier alpha value is -1.10. The summed E-state index contributed by atoms with van der Waals surface area (Å²) in [4.78, 5) is 24.2. The summed E-state index contributed by atoms with van der Waals surface area (Å²) in [5.74, 6) is 0.441. The predicted molar refractivity (Wildman–Crippen MR) is 59.9 cm³/mol. The van der Waals surface area contributed by atoms with Gasteiger partial charge in [0.2, 0.25) is 5.91 Å². The number of carbonyl (C=O) groups is 2. The molecule has 1 fully saturated rings. The standard InChI is InChI=1S/C11H20N2O3/c1-13(5-3-4-11(15)16-2)10(14)6-9-7-12-8-9/h9,12H,3-8H2,1-2H3. The number of ether oxygens (including phenoxy) is 1. The van der Waals surface area contributed by atoms with Crippen molar-refractivity contribution in [2.45, 2.75) is 19.3 Å². The lowest BCUT2D eigenvalue weighted by Gasteiger charge is -2.28. The van der Waals surface area contributed by atoms with Crippen LogP contribution in [-0.2, 0) is 14.3 Å². The molecule has 16 heavy (non-hydrogen) atoms. The number of amides is 1. The van der Waals surface area contributed by atoms with Gasteiger partial charge in [-0.15, -0.1) is 0 Å². The molecule has 1 rings (SSSR count). The molecule has 0 unspecified atom stereocenters. The third kappa shape index (κ3) is 4.18. The summed E-state index contributed by atoms with van der Waals surface area (Å²) in [6.07, 6.45) is 1.65. The molecular formula is C11H20N2O3. The zero-order valence-electron chi connectivity index (χ0n) is 9.99. The predicted octanol–water partition coefficient (Wildman–Crippen LogP) is 0.00750. The van der Waals surface area contributed by atoms with Gasteiger partial charge in [0, 0.05) is 26.4 Å². The van der Waals surface area contributed by atoms with Gasteiger partial charge < -0.3 is 15.0 Å². The van der Waals surface area contributed by atoms with Gasteiger partial charge in [0.25, 0.3) is 0 Å². The lowest BCUT2D eigenvalue weighted by molar-refractivity contribution is -0.141. The van der Waals surface area contributed by atoms with Gasteiger partial charge in [-0.2, -0.15) is 0 Å². The van der Waals surface area contributed by atoms with E-state index >= 15 is 0 Å². The first-order valence-electron chi connectivity index (χ1n) is 5.65. The molecule has 1 N–H and O–H groups in total. The van der Waals surface area contributed by atoms with E-state index in [4.69, 9.17) is 0 Å². The summed E-state index contributed by atoms with van der Waals surface area (Å²) in [7, 11) is 3.16. The molecule has 1 heterocycles. The van der Waals surface area contributed by atoms with Gasteiger partial charge in [-0.05, 0) is 25.4 Å². The molecule has 0 radical (unpaired) electrons. The van der Waals surface area contributed by atoms with Crippen molar-refractivity contribution >= 4 is 11.9 Å². The van der Waals surface area contributed by atoms with Gasteiger partial charge in [0.1, 0.15) is 0 Å². The first-order valence-corrected chi connectivity index (χ1v) is 5.65. The summed E-state index contributed by atoms with van der Waals surface area (Å²) in [6.45, 7) is 2.51. The topological polar surface area (TPSA) is 58.6 Å². The highest BCUT2D eigenvalue weighted by Crippen LogP contribution is 2.10. The molecule has 1 amide bonds. The van der Waals surface area contributed by atoms with E-state index in [-0.39, 0.29) is 11.9 Å². The highest BCUT2D eigenvalue weighted by atomic mass is 16.5. The van der Waals surface area contributed by atoms with Crippen molar-refractivity contribution in [3.05, 3.63) is 0 Å². The van der Waals surface area contributed by atoms with E-state index in [9.17, 15) is 9.59 Å². The minimum absolute atomic E-state index is 0.163. The number of esters is 1. The van der Waals surface area contributed by atoms with Crippen molar-refractivity contribution in [2.75, 3.05) is 33.8 Å². The van der Waals surface area contributed by atoms with Crippen LogP contribution in [0.1, 0.15) is 19.3 Å². The fraction of sp³-hybridized carbons (Fsp3) is 0.818. The van der Waals surface area contributed by atoms with E-state index in [0.717, 1.165) is 13.1 Å². The third-order valence-electron chi connectivity index (χ3n) is 2.86. The minimum Gasteiger partial charge on any atom is -0.469 e. The number of carbonyl (C=O) groups excluding carboxylic acids is 2. The average Bonchev–Trinajstić information content (AvgIpc) is 2.22. The van der Waals surface area contributed by atoms with E-state index in [2.05, 4.69) is 10.1 Å². The summed E-state index contributed by atoms with van der Waals surface area (Å²) < 4.78 is 4.53. The van der Waals surface area contributed by atoms with Crippen LogP contribution >= 0.6 is 0 Å². The number of methoxy groups -OCH3 is 1. The molecule has 92 valence electrons. The number of nitrogens with one attached hydrogen (secondary N) is 1. The fourth-order valence-electron chi connectivity index (χ4n) is 1.58. The van der Waals surface area contributed by atoms with Crippen LogP contribution in [0.25, 0.3) is 0 Å². The quantitative estimate of drug-likeness (QED) is 0.650.